The quantitative estimate of drug-likeness (QED) is 0.467. The molecule has 0 spiro atoms. The highest BCUT2D eigenvalue weighted by Gasteiger charge is 2.38. The van der Waals surface area contributed by atoms with Crippen LogP contribution in [0.15, 0.2) is 18.2 Å². The monoisotopic (exact) mass is 531 g/mol. The molecule has 1 unspecified atom stereocenters. The van der Waals surface area contributed by atoms with Gasteiger partial charge in [-0.05, 0) is 83.9 Å². The first-order chi connectivity index (χ1) is 18.0. The number of anilines is 1. The van der Waals surface area contributed by atoms with Crippen molar-refractivity contribution in [2.24, 2.45) is 0 Å². The largest absolute Gasteiger partial charge is 0.416 e. The molecular weight excluding hydrogens is 491 g/mol. The smallest absolute Gasteiger partial charge is 0.358 e. The number of alkyl halides is 3. The zero-order valence-electron chi connectivity index (χ0n) is 22.7. The number of likely N-dealkylation sites (tertiary alicyclic amines) is 1. The van der Waals surface area contributed by atoms with Crippen LogP contribution >= 0.6 is 0 Å². The van der Waals surface area contributed by atoms with Gasteiger partial charge in [-0.2, -0.15) is 13.2 Å². The van der Waals surface area contributed by atoms with Gasteiger partial charge in [-0.1, -0.05) is 19.3 Å². The number of rotatable bonds is 5. The molecule has 2 aliphatic carbocycles. The molecule has 2 N–H and O–H groups in total. The van der Waals surface area contributed by atoms with Crippen LogP contribution in [-0.4, -0.2) is 51.0 Å². The van der Waals surface area contributed by atoms with E-state index in [9.17, 15) is 18.0 Å². The Morgan fingerprint density at radius 2 is 1.63 bits per heavy atom. The number of nitrogens with zero attached hydrogens (tertiary/aromatic N) is 3. The number of hydrogen-bond acceptors (Lipinski definition) is 5. The van der Waals surface area contributed by atoms with E-state index in [4.69, 9.17) is 4.98 Å². The molecule has 9 heteroatoms. The third-order valence-corrected chi connectivity index (χ3v) is 8.34. The van der Waals surface area contributed by atoms with Crippen LogP contribution < -0.4 is 10.6 Å². The normalized spacial score (nSPS) is 25.8. The molecule has 2 heterocycles. The number of carbonyl (C=O) groups is 1. The maximum absolute atomic E-state index is 13.5. The number of hydrogen-bond donors (Lipinski definition) is 2. The summed E-state index contributed by atoms with van der Waals surface area (Å²) in [5, 5.41) is 7.27. The predicted octanol–water partition coefficient (Wildman–Crippen LogP) is 6.41. The molecule has 0 radical (unpaired) electrons. The van der Waals surface area contributed by atoms with E-state index in [1.54, 1.807) is 0 Å². The molecule has 1 aliphatic heterocycles. The molecule has 1 saturated heterocycles. The van der Waals surface area contributed by atoms with Crippen LogP contribution in [0.25, 0.3) is 10.9 Å². The molecule has 1 aromatic heterocycles. The van der Waals surface area contributed by atoms with Crippen molar-refractivity contribution < 1.29 is 18.0 Å². The zero-order valence-corrected chi connectivity index (χ0v) is 22.7. The number of carbonyl (C=O) groups excluding carboxylic acids is 1. The Labute approximate surface area is 223 Å². The second-order valence-electron chi connectivity index (χ2n) is 12.4. The summed E-state index contributed by atoms with van der Waals surface area (Å²) in [5.41, 5.74) is -0.177. The number of nitrogens with one attached hydrogen (secondary N) is 2. The van der Waals surface area contributed by atoms with Crippen LogP contribution in [-0.2, 0) is 11.0 Å². The van der Waals surface area contributed by atoms with E-state index in [0.717, 1.165) is 63.5 Å². The molecule has 5 rings (SSSR count). The van der Waals surface area contributed by atoms with E-state index in [2.05, 4.69) is 36.4 Å². The fourth-order valence-electron chi connectivity index (χ4n) is 6.48. The lowest BCUT2D eigenvalue weighted by atomic mass is 9.88. The molecule has 3 fully saturated rings. The van der Waals surface area contributed by atoms with Crippen molar-refractivity contribution >= 4 is 22.6 Å². The Kier molecular flexibility index (Phi) is 7.59. The highest BCUT2D eigenvalue weighted by molar-refractivity contribution is 5.93. The van der Waals surface area contributed by atoms with Crippen LogP contribution in [0.2, 0.25) is 0 Å². The maximum Gasteiger partial charge on any atom is 0.416 e. The highest BCUT2D eigenvalue weighted by Crippen LogP contribution is 2.37. The summed E-state index contributed by atoms with van der Waals surface area (Å²) in [6.07, 6.45) is 5.49. The van der Waals surface area contributed by atoms with E-state index in [1.807, 2.05) is 4.90 Å². The summed E-state index contributed by atoms with van der Waals surface area (Å²) in [4.78, 5) is 24.9. The summed E-state index contributed by atoms with van der Waals surface area (Å²) in [6.45, 7) is 7.18. The maximum atomic E-state index is 13.5. The lowest BCUT2D eigenvalue weighted by Crippen LogP contribution is -2.49. The van der Waals surface area contributed by atoms with Gasteiger partial charge in [-0.3, -0.25) is 4.79 Å². The Hall–Kier alpha value is -2.42. The molecule has 1 aromatic carbocycles. The van der Waals surface area contributed by atoms with Crippen molar-refractivity contribution in [3.63, 3.8) is 0 Å². The van der Waals surface area contributed by atoms with Crippen molar-refractivity contribution in [1.29, 1.82) is 0 Å². The Balaban J connectivity index is 1.35. The van der Waals surface area contributed by atoms with Crippen molar-refractivity contribution in [2.45, 2.75) is 121 Å². The van der Waals surface area contributed by atoms with Gasteiger partial charge in [0, 0.05) is 35.5 Å². The number of fused-ring (bicyclic) bond motifs is 1. The van der Waals surface area contributed by atoms with Gasteiger partial charge >= 0.3 is 6.18 Å². The van der Waals surface area contributed by atoms with Crippen LogP contribution in [0, 0.1) is 0 Å². The highest BCUT2D eigenvalue weighted by atomic mass is 19.4. The molecular formula is C29H40F3N5O. The molecule has 208 valence electrons. The minimum atomic E-state index is -4.46. The minimum Gasteiger partial charge on any atom is -0.358 e. The van der Waals surface area contributed by atoms with E-state index >= 15 is 0 Å². The van der Waals surface area contributed by atoms with Crippen LogP contribution in [0.4, 0.5) is 19.0 Å². The van der Waals surface area contributed by atoms with Crippen molar-refractivity contribution in [1.82, 2.24) is 20.2 Å². The summed E-state index contributed by atoms with van der Waals surface area (Å²) in [5.74, 6) is 1.24. The van der Waals surface area contributed by atoms with Crippen LogP contribution in [0.3, 0.4) is 0 Å². The fraction of sp³-hybridized carbons (Fsp3) is 0.690. The molecule has 1 amide bonds. The zero-order chi connectivity index (χ0) is 27.1. The van der Waals surface area contributed by atoms with Crippen LogP contribution in [0.1, 0.15) is 102 Å². The number of benzene rings is 1. The standard InChI is InChI=1S/C29H40F3N5O/c1-28(2,3)36-20-10-12-21(13-11-20)37-16-15-24(27(37)38)34-26-22-17-19(29(30,31)32)9-14-23(22)33-25(35-26)18-7-5-4-6-8-18/h9,14,17-18,20-21,24,36H,4-8,10-13,15-16H2,1-3H3,(H,33,34,35). The Bertz CT molecular complexity index is 1150. The predicted molar refractivity (Wildman–Crippen MR) is 143 cm³/mol. The molecule has 0 bridgehead atoms. The van der Waals surface area contributed by atoms with Gasteiger partial charge in [0.2, 0.25) is 5.91 Å². The van der Waals surface area contributed by atoms with Crippen LogP contribution in [0.5, 0.6) is 0 Å². The Morgan fingerprint density at radius 3 is 2.29 bits per heavy atom. The molecule has 1 atom stereocenters. The van der Waals surface area contributed by atoms with E-state index in [0.29, 0.717) is 41.6 Å². The summed E-state index contributed by atoms with van der Waals surface area (Å²) < 4.78 is 40.6. The van der Waals surface area contributed by atoms with Gasteiger partial charge in [0.05, 0.1) is 11.1 Å². The average molecular weight is 532 g/mol. The SMILES string of the molecule is CC(C)(C)NC1CCC(N2CCC(Nc3nc(C4CCCCC4)nc4ccc(C(F)(F)F)cc34)C2=O)CC1. The molecule has 3 aliphatic rings. The third kappa shape index (κ3) is 6.08. The van der Waals surface area contributed by atoms with E-state index in [-0.39, 0.29) is 23.4 Å². The van der Waals surface area contributed by atoms with E-state index < -0.39 is 17.8 Å². The fourth-order valence-corrected chi connectivity index (χ4v) is 6.48. The summed E-state index contributed by atoms with van der Waals surface area (Å²) >= 11 is 0. The van der Waals surface area contributed by atoms with Gasteiger partial charge < -0.3 is 15.5 Å². The van der Waals surface area contributed by atoms with Crippen molar-refractivity contribution in [2.75, 3.05) is 11.9 Å². The number of aromatic nitrogens is 2. The average Bonchev–Trinajstić information content (AvgIpc) is 3.23. The molecule has 6 nitrogen and oxygen atoms in total. The summed E-state index contributed by atoms with van der Waals surface area (Å²) in [6, 6.07) is 3.81. The van der Waals surface area contributed by atoms with Gasteiger partial charge in [0.25, 0.3) is 0 Å². The van der Waals surface area contributed by atoms with Gasteiger partial charge in [-0.25, -0.2) is 9.97 Å². The Morgan fingerprint density at radius 1 is 0.921 bits per heavy atom. The summed E-state index contributed by atoms with van der Waals surface area (Å²) in [7, 11) is 0. The van der Waals surface area contributed by atoms with Crippen molar-refractivity contribution in [3.05, 3.63) is 29.6 Å². The topological polar surface area (TPSA) is 70.2 Å². The molecule has 2 aromatic rings. The second-order valence-corrected chi connectivity index (χ2v) is 12.4. The number of amides is 1. The lowest BCUT2D eigenvalue weighted by molar-refractivity contribution is -0.137. The van der Waals surface area contributed by atoms with Gasteiger partial charge in [0.15, 0.2) is 0 Å². The minimum absolute atomic E-state index is 0.0233. The molecule has 38 heavy (non-hydrogen) atoms. The van der Waals surface area contributed by atoms with Gasteiger partial charge in [0.1, 0.15) is 17.7 Å². The van der Waals surface area contributed by atoms with Crippen molar-refractivity contribution in [3.8, 4) is 0 Å². The number of halogens is 3. The van der Waals surface area contributed by atoms with E-state index in [1.165, 1.54) is 12.5 Å². The first kappa shape index (κ1) is 27.2. The van der Waals surface area contributed by atoms with Gasteiger partial charge in [-0.15, -0.1) is 0 Å². The lowest BCUT2D eigenvalue weighted by Gasteiger charge is -2.37. The first-order valence-electron chi connectivity index (χ1n) is 14.2. The third-order valence-electron chi connectivity index (χ3n) is 8.34. The first-order valence-corrected chi connectivity index (χ1v) is 14.2. The second kappa shape index (κ2) is 10.6. The molecule has 2 saturated carbocycles.